The number of hydrogen-bond donors (Lipinski definition) is 2. The summed E-state index contributed by atoms with van der Waals surface area (Å²) < 4.78 is 0. The van der Waals surface area contributed by atoms with Crippen LogP contribution in [-0.2, 0) is 6.42 Å². The highest BCUT2D eigenvalue weighted by atomic mass is 16.5. The lowest BCUT2D eigenvalue weighted by atomic mass is 10.1. The minimum absolute atomic E-state index is 0.223. The van der Waals surface area contributed by atoms with Crippen LogP contribution in [0.2, 0.25) is 0 Å². The molecule has 3 aromatic rings. The van der Waals surface area contributed by atoms with Crippen LogP contribution in [0.5, 0.6) is 0 Å². The van der Waals surface area contributed by atoms with Gasteiger partial charge in [0.15, 0.2) is 0 Å². The molecule has 2 heterocycles. The van der Waals surface area contributed by atoms with Crippen LogP contribution in [0.1, 0.15) is 16.1 Å². The smallest absolute Gasteiger partial charge is 0.295 e. The van der Waals surface area contributed by atoms with E-state index in [9.17, 15) is 10.0 Å². The molecule has 0 spiro atoms. The number of benzene rings is 1. The molecule has 0 fully saturated rings. The Labute approximate surface area is 121 Å². The van der Waals surface area contributed by atoms with Crippen LogP contribution in [0.4, 0.5) is 0 Å². The van der Waals surface area contributed by atoms with Crippen molar-refractivity contribution in [3.63, 3.8) is 0 Å². The lowest BCUT2D eigenvalue weighted by molar-refractivity contribution is -0.0575. The third-order valence-corrected chi connectivity index (χ3v) is 3.35. The Morgan fingerprint density at radius 2 is 2.05 bits per heavy atom. The van der Waals surface area contributed by atoms with E-state index in [2.05, 4.69) is 9.97 Å². The molecule has 0 saturated carbocycles. The number of nitrogens with zero attached hydrogens (tertiary/aromatic N) is 2. The van der Waals surface area contributed by atoms with E-state index in [0.717, 1.165) is 16.5 Å². The molecule has 1 amide bonds. The third-order valence-electron chi connectivity index (χ3n) is 3.35. The zero-order valence-electron chi connectivity index (χ0n) is 11.4. The topological polar surface area (TPSA) is 69.2 Å². The molecule has 0 aliphatic carbocycles. The molecule has 0 saturated heterocycles. The van der Waals surface area contributed by atoms with Gasteiger partial charge in [0.2, 0.25) is 0 Å². The van der Waals surface area contributed by atoms with Crippen LogP contribution in [0.3, 0.4) is 0 Å². The van der Waals surface area contributed by atoms with E-state index in [1.807, 2.05) is 36.4 Å². The van der Waals surface area contributed by atoms with Gasteiger partial charge in [0.1, 0.15) is 5.69 Å². The van der Waals surface area contributed by atoms with Crippen molar-refractivity contribution in [3.05, 3.63) is 66.1 Å². The summed E-state index contributed by atoms with van der Waals surface area (Å²) in [4.78, 5) is 19.2. The van der Waals surface area contributed by atoms with Crippen LogP contribution in [0.15, 0.2) is 54.9 Å². The largest absolute Gasteiger partial charge is 0.361 e. The number of hydroxylamine groups is 2. The molecule has 1 aromatic carbocycles. The van der Waals surface area contributed by atoms with Crippen LogP contribution in [0, 0.1) is 0 Å². The van der Waals surface area contributed by atoms with E-state index < -0.39 is 5.91 Å². The van der Waals surface area contributed by atoms with E-state index in [1.54, 1.807) is 18.5 Å². The van der Waals surface area contributed by atoms with Gasteiger partial charge in [-0.1, -0.05) is 30.3 Å². The average Bonchev–Trinajstić information content (AvgIpc) is 3.00. The van der Waals surface area contributed by atoms with Crippen molar-refractivity contribution in [1.29, 1.82) is 0 Å². The molecule has 0 atom stereocenters. The summed E-state index contributed by atoms with van der Waals surface area (Å²) >= 11 is 0. The fourth-order valence-corrected chi connectivity index (χ4v) is 2.18. The zero-order valence-corrected chi connectivity index (χ0v) is 11.4. The molecule has 0 aliphatic heterocycles. The van der Waals surface area contributed by atoms with Gasteiger partial charge in [-0.15, -0.1) is 0 Å². The van der Waals surface area contributed by atoms with Crippen molar-refractivity contribution < 1.29 is 10.0 Å². The van der Waals surface area contributed by atoms with E-state index in [0.29, 0.717) is 11.5 Å². The highest BCUT2D eigenvalue weighted by Gasteiger charge is 2.15. The van der Waals surface area contributed by atoms with Crippen molar-refractivity contribution in [2.45, 2.75) is 6.42 Å². The number of aromatic amines is 1. The van der Waals surface area contributed by atoms with Crippen molar-refractivity contribution in [2.24, 2.45) is 0 Å². The number of fused-ring (bicyclic) bond motifs is 1. The second-order valence-electron chi connectivity index (χ2n) is 4.80. The van der Waals surface area contributed by atoms with Crippen molar-refractivity contribution in [2.75, 3.05) is 6.54 Å². The van der Waals surface area contributed by atoms with Crippen molar-refractivity contribution in [3.8, 4) is 0 Å². The molecule has 5 heteroatoms. The SMILES string of the molecule is O=C(c1cc2[nH]ccc2cn1)N(O)CCc1ccccc1. The highest BCUT2D eigenvalue weighted by molar-refractivity contribution is 5.94. The molecule has 2 aromatic heterocycles. The molecule has 0 aliphatic rings. The fourth-order valence-electron chi connectivity index (χ4n) is 2.18. The van der Waals surface area contributed by atoms with Gasteiger partial charge in [-0.3, -0.25) is 15.0 Å². The van der Waals surface area contributed by atoms with Gasteiger partial charge in [0, 0.05) is 23.3 Å². The first-order valence-corrected chi connectivity index (χ1v) is 6.72. The minimum Gasteiger partial charge on any atom is -0.361 e. The Bertz CT molecular complexity index is 752. The maximum absolute atomic E-state index is 12.1. The second-order valence-corrected chi connectivity index (χ2v) is 4.80. The number of carbonyl (C=O) groups excluding carboxylic acids is 1. The molecule has 21 heavy (non-hydrogen) atoms. The first kappa shape index (κ1) is 13.3. The number of amides is 1. The summed E-state index contributed by atoms with van der Waals surface area (Å²) in [5, 5.41) is 11.5. The summed E-state index contributed by atoms with van der Waals surface area (Å²) in [6, 6.07) is 13.2. The number of nitrogens with one attached hydrogen (secondary N) is 1. The standard InChI is InChI=1S/C16H15N3O2/c20-16(15-10-14-13(11-18-15)6-8-17-14)19(21)9-7-12-4-2-1-3-5-12/h1-6,8,10-11,17,21H,7,9H2. The lowest BCUT2D eigenvalue weighted by Crippen LogP contribution is -2.30. The number of aromatic nitrogens is 2. The van der Waals surface area contributed by atoms with Crippen LogP contribution < -0.4 is 0 Å². The summed E-state index contributed by atoms with van der Waals surface area (Å²) in [7, 11) is 0. The molecule has 106 valence electrons. The predicted octanol–water partition coefficient (Wildman–Crippen LogP) is 2.64. The van der Waals surface area contributed by atoms with Gasteiger partial charge in [-0.2, -0.15) is 0 Å². The molecule has 0 bridgehead atoms. The zero-order chi connectivity index (χ0) is 14.7. The highest BCUT2D eigenvalue weighted by Crippen LogP contribution is 2.13. The molecule has 2 N–H and O–H groups in total. The van der Waals surface area contributed by atoms with Crippen molar-refractivity contribution >= 4 is 16.8 Å². The van der Waals surface area contributed by atoms with Gasteiger partial charge in [0.25, 0.3) is 5.91 Å². The Morgan fingerprint density at radius 1 is 1.24 bits per heavy atom. The monoisotopic (exact) mass is 281 g/mol. The van der Waals surface area contributed by atoms with Crippen LogP contribution in [-0.4, -0.2) is 32.7 Å². The maximum atomic E-state index is 12.1. The van der Waals surface area contributed by atoms with E-state index in [1.165, 1.54) is 0 Å². The second kappa shape index (κ2) is 5.76. The van der Waals surface area contributed by atoms with E-state index >= 15 is 0 Å². The summed E-state index contributed by atoms with van der Waals surface area (Å²) in [5.41, 5.74) is 2.11. The van der Waals surface area contributed by atoms with Gasteiger partial charge < -0.3 is 4.98 Å². The number of rotatable bonds is 4. The normalized spacial score (nSPS) is 10.7. The average molecular weight is 281 g/mol. The first-order chi connectivity index (χ1) is 10.2. The summed E-state index contributed by atoms with van der Waals surface area (Å²) in [5.74, 6) is -0.498. The third kappa shape index (κ3) is 2.93. The van der Waals surface area contributed by atoms with E-state index in [-0.39, 0.29) is 12.2 Å². The summed E-state index contributed by atoms with van der Waals surface area (Å²) in [6.07, 6.45) is 3.99. The Morgan fingerprint density at radius 3 is 2.86 bits per heavy atom. The molecule has 0 unspecified atom stereocenters. The maximum Gasteiger partial charge on any atom is 0.295 e. The molecule has 0 radical (unpaired) electrons. The first-order valence-electron chi connectivity index (χ1n) is 6.72. The van der Waals surface area contributed by atoms with Crippen LogP contribution in [0.25, 0.3) is 10.9 Å². The lowest BCUT2D eigenvalue weighted by Gasteiger charge is -2.14. The van der Waals surface area contributed by atoms with Gasteiger partial charge >= 0.3 is 0 Å². The quantitative estimate of drug-likeness (QED) is 0.570. The fraction of sp³-hybridized carbons (Fsp3) is 0.125. The van der Waals surface area contributed by atoms with E-state index in [4.69, 9.17) is 0 Å². The summed E-state index contributed by atoms with van der Waals surface area (Å²) in [6.45, 7) is 0.229. The number of carbonyl (C=O) groups is 1. The molecule has 3 rings (SSSR count). The minimum atomic E-state index is -0.498. The number of pyridine rings is 1. The van der Waals surface area contributed by atoms with Gasteiger partial charge in [-0.25, -0.2) is 5.06 Å². The predicted molar refractivity (Wildman–Crippen MR) is 79.1 cm³/mol. The van der Waals surface area contributed by atoms with Crippen molar-refractivity contribution in [1.82, 2.24) is 15.0 Å². The molecule has 5 nitrogen and oxygen atoms in total. The molecular weight excluding hydrogens is 266 g/mol. The number of H-pyrrole nitrogens is 1. The Balaban J connectivity index is 1.69. The van der Waals surface area contributed by atoms with Crippen LogP contribution >= 0.6 is 0 Å². The number of hydrogen-bond acceptors (Lipinski definition) is 3. The van der Waals surface area contributed by atoms with Gasteiger partial charge in [0.05, 0.1) is 6.54 Å². The Kier molecular flexibility index (Phi) is 3.66. The van der Waals surface area contributed by atoms with Gasteiger partial charge in [-0.05, 0) is 24.1 Å². The Hall–Kier alpha value is -2.66. The molecular formula is C16H15N3O2.